The zero-order chi connectivity index (χ0) is 18.5. The minimum absolute atomic E-state index is 0.393. The lowest BCUT2D eigenvalue weighted by atomic mass is 10.0. The average Bonchev–Trinajstić information content (AvgIpc) is 3.10. The zero-order valence-electron chi connectivity index (χ0n) is 14.3. The van der Waals surface area contributed by atoms with Crippen LogP contribution in [0.4, 0.5) is 0 Å². The quantitative estimate of drug-likeness (QED) is 0.254. The second-order valence-electron chi connectivity index (χ2n) is 6.30. The monoisotopic (exact) mass is 420 g/mol. The first-order valence-corrected chi connectivity index (χ1v) is 9.15. The fraction of sp³-hybridized carbons (Fsp3) is 0.0455. The van der Waals surface area contributed by atoms with Crippen LogP contribution < -0.4 is 10.4 Å². The Balaban J connectivity index is 1.85. The van der Waals surface area contributed by atoms with Gasteiger partial charge >= 0.3 is 5.63 Å². The van der Waals surface area contributed by atoms with E-state index in [1.54, 1.807) is 25.5 Å². The summed E-state index contributed by atoms with van der Waals surface area (Å²) in [5.41, 5.74) is 2.83. The number of furan rings is 1. The fourth-order valence-electron chi connectivity index (χ4n) is 3.41. The molecule has 2 heterocycles. The molecule has 0 spiro atoms. The van der Waals surface area contributed by atoms with Crippen molar-refractivity contribution in [2.24, 2.45) is 0 Å². The summed E-state index contributed by atoms with van der Waals surface area (Å²) >= 11 is 3.46. The highest BCUT2D eigenvalue weighted by molar-refractivity contribution is 9.10. The maximum Gasteiger partial charge on any atom is 0.344 e. The summed E-state index contributed by atoms with van der Waals surface area (Å²) in [5, 5.41) is 3.15. The molecule has 132 valence electrons. The molecular formula is C22H13BrO4. The van der Waals surface area contributed by atoms with E-state index in [1.165, 1.54) is 0 Å². The Morgan fingerprint density at radius 3 is 2.44 bits per heavy atom. The number of fused-ring (bicyclic) bond motifs is 4. The molecule has 4 nitrogen and oxygen atoms in total. The molecule has 0 fully saturated rings. The van der Waals surface area contributed by atoms with Crippen LogP contribution in [0.3, 0.4) is 0 Å². The molecule has 0 atom stereocenters. The summed E-state index contributed by atoms with van der Waals surface area (Å²) in [6.07, 6.45) is 1.73. The Morgan fingerprint density at radius 2 is 1.67 bits per heavy atom. The van der Waals surface area contributed by atoms with Gasteiger partial charge in [-0.15, -0.1) is 0 Å². The Kier molecular flexibility index (Phi) is 3.58. The van der Waals surface area contributed by atoms with E-state index in [1.807, 2.05) is 42.5 Å². The zero-order valence-corrected chi connectivity index (χ0v) is 15.9. The summed E-state index contributed by atoms with van der Waals surface area (Å²) < 4.78 is 17.5. The number of hydrogen-bond acceptors (Lipinski definition) is 4. The molecule has 0 bridgehead atoms. The lowest BCUT2D eigenvalue weighted by Crippen LogP contribution is -2.00. The molecule has 5 rings (SSSR count). The van der Waals surface area contributed by atoms with E-state index < -0.39 is 5.63 Å². The molecule has 0 aliphatic carbocycles. The third-order valence-corrected chi connectivity index (χ3v) is 5.30. The van der Waals surface area contributed by atoms with Crippen LogP contribution in [0, 0.1) is 0 Å². The minimum Gasteiger partial charge on any atom is -0.497 e. The van der Waals surface area contributed by atoms with E-state index in [9.17, 15) is 4.79 Å². The summed E-state index contributed by atoms with van der Waals surface area (Å²) in [4.78, 5) is 12.4. The number of rotatable bonds is 2. The Labute approximate surface area is 162 Å². The van der Waals surface area contributed by atoms with Crippen LogP contribution in [0.5, 0.6) is 5.75 Å². The number of hydrogen-bond donors (Lipinski definition) is 0. The van der Waals surface area contributed by atoms with Gasteiger partial charge in [0.2, 0.25) is 0 Å². The Hall–Kier alpha value is -3.05. The molecule has 0 aliphatic heterocycles. The molecule has 0 saturated carbocycles. The van der Waals surface area contributed by atoms with E-state index in [4.69, 9.17) is 13.6 Å². The molecular weight excluding hydrogens is 408 g/mol. The summed E-state index contributed by atoms with van der Waals surface area (Å²) in [5.74, 6) is 0.620. The van der Waals surface area contributed by atoms with Crippen LogP contribution >= 0.6 is 15.9 Å². The van der Waals surface area contributed by atoms with Gasteiger partial charge in [0.1, 0.15) is 16.9 Å². The largest absolute Gasteiger partial charge is 0.497 e. The molecule has 5 aromatic rings. The van der Waals surface area contributed by atoms with Gasteiger partial charge in [-0.05, 0) is 42.0 Å². The highest BCUT2D eigenvalue weighted by atomic mass is 79.9. The van der Waals surface area contributed by atoms with Crippen molar-refractivity contribution in [2.45, 2.75) is 0 Å². The molecule has 27 heavy (non-hydrogen) atoms. The molecule has 0 N–H and O–H groups in total. The summed E-state index contributed by atoms with van der Waals surface area (Å²) in [7, 11) is 1.57. The second-order valence-corrected chi connectivity index (χ2v) is 7.22. The van der Waals surface area contributed by atoms with Gasteiger partial charge < -0.3 is 13.6 Å². The number of ether oxygens (including phenoxy) is 1. The lowest BCUT2D eigenvalue weighted by Gasteiger charge is -2.06. The van der Waals surface area contributed by atoms with Crippen molar-refractivity contribution in [2.75, 3.05) is 7.11 Å². The maximum absolute atomic E-state index is 12.4. The van der Waals surface area contributed by atoms with Gasteiger partial charge in [-0.2, -0.15) is 0 Å². The van der Waals surface area contributed by atoms with Gasteiger partial charge in [0, 0.05) is 32.3 Å². The highest BCUT2D eigenvalue weighted by Crippen LogP contribution is 2.36. The van der Waals surface area contributed by atoms with Gasteiger partial charge in [-0.25, -0.2) is 4.79 Å². The first kappa shape index (κ1) is 16.1. The third kappa shape index (κ3) is 2.54. The number of benzene rings is 3. The van der Waals surface area contributed by atoms with Crippen LogP contribution in [-0.4, -0.2) is 7.11 Å². The van der Waals surface area contributed by atoms with Crippen LogP contribution in [0.1, 0.15) is 0 Å². The predicted molar refractivity (Wildman–Crippen MR) is 109 cm³/mol. The van der Waals surface area contributed by atoms with Crippen molar-refractivity contribution < 1.29 is 13.6 Å². The fourth-order valence-corrected chi connectivity index (χ4v) is 3.68. The first-order chi connectivity index (χ1) is 13.1. The second kappa shape index (κ2) is 5.99. The standard InChI is InChI=1S/C22H13BrO4/c1-25-14-6-7-15-16-9-17-19(12-2-4-13(23)5-3-12)11-26-20(17)10-21(16)27-22(24)18(15)8-14/h2-11H,1H3. The molecule has 0 amide bonds. The van der Waals surface area contributed by atoms with Crippen LogP contribution in [-0.2, 0) is 0 Å². The maximum atomic E-state index is 12.4. The van der Waals surface area contributed by atoms with Gasteiger partial charge in [-0.1, -0.05) is 28.1 Å². The molecule has 0 unspecified atom stereocenters. The van der Waals surface area contributed by atoms with Crippen molar-refractivity contribution in [3.05, 3.63) is 75.8 Å². The first-order valence-electron chi connectivity index (χ1n) is 8.36. The van der Waals surface area contributed by atoms with Gasteiger partial charge in [0.05, 0.1) is 18.8 Å². The number of methoxy groups -OCH3 is 1. The molecule has 0 saturated heterocycles. The van der Waals surface area contributed by atoms with Crippen molar-refractivity contribution in [3.8, 4) is 16.9 Å². The van der Waals surface area contributed by atoms with E-state index >= 15 is 0 Å². The van der Waals surface area contributed by atoms with E-state index in [-0.39, 0.29) is 0 Å². The third-order valence-electron chi connectivity index (χ3n) is 4.77. The topological polar surface area (TPSA) is 52.6 Å². The smallest absolute Gasteiger partial charge is 0.344 e. The van der Waals surface area contributed by atoms with E-state index in [0.717, 1.165) is 31.8 Å². The molecule has 0 aliphatic rings. The van der Waals surface area contributed by atoms with Crippen LogP contribution in [0.2, 0.25) is 0 Å². The molecule has 0 radical (unpaired) electrons. The van der Waals surface area contributed by atoms with Gasteiger partial charge in [-0.3, -0.25) is 0 Å². The van der Waals surface area contributed by atoms with Crippen molar-refractivity contribution in [1.82, 2.24) is 0 Å². The summed E-state index contributed by atoms with van der Waals surface area (Å²) in [6.45, 7) is 0. The SMILES string of the molecule is COc1ccc2c(c1)c(=O)oc1cc3occ(-c4ccc(Br)cc4)c3cc12. The van der Waals surface area contributed by atoms with Gasteiger partial charge in [0.25, 0.3) is 0 Å². The lowest BCUT2D eigenvalue weighted by molar-refractivity contribution is 0.415. The van der Waals surface area contributed by atoms with Crippen LogP contribution in [0.15, 0.2) is 79.0 Å². The number of halogens is 1. The average molecular weight is 421 g/mol. The normalized spacial score (nSPS) is 11.5. The van der Waals surface area contributed by atoms with Gasteiger partial charge in [0.15, 0.2) is 0 Å². The van der Waals surface area contributed by atoms with E-state index in [0.29, 0.717) is 22.3 Å². The highest BCUT2D eigenvalue weighted by Gasteiger charge is 2.14. The molecule has 3 aromatic carbocycles. The molecule has 5 heteroatoms. The molecule has 2 aromatic heterocycles. The Bertz CT molecular complexity index is 1380. The van der Waals surface area contributed by atoms with Crippen molar-refractivity contribution in [3.63, 3.8) is 0 Å². The minimum atomic E-state index is -0.393. The summed E-state index contributed by atoms with van der Waals surface area (Å²) in [6, 6.07) is 17.3. The van der Waals surface area contributed by atoms with E-state index in [2.05, 4.69) is 15.9 Å². The van der Waals surface area contributed by atoms with Crippen molar-refractivity contribution in [1.29, 1.82) is 0 Å². The van der Waals surface area contributed by atoms with Crippen LogP contribution in [0.25, 0.3) is 43.8 Å². The van der Waals surface area contributed by atoms with Crippen molar-refractivity contribution >= 4 is 48.6 Å². The predicted octanol–water partition coefficient (Wildman–Crippen LogP) is 6.13. The Morgan fingerprint density at radius 1 is 0.852 bits per heavy atom.